The molecule has 17 heavy (non-hydrogen) atoms. The third kappa shape index (κ3) is 3.15. The topological polar surface area (TPSA) is 18.5 Å². The Hall–Kier alpha value is -0.250. The molecule has 0 amide bonds. The average Bonchev–Trinajstić information content (AvgIpc) is 2.39. The van der Waals surface area contributed by atoms with Crippen molar-refractivity contribution in [1.82, 2.24) is 0 Å². The van der Waals surface area contributed by atoms with Crippen LogP contribution in [0, 0.1) is 0 Å². The molecule has 94 valence electrons. The normalized spacial score (nSPS) is 22.2. The van der Waals surface area contributed by atoms with Crippen molar-refractivity contribution < 1.29 is 9.47 Å². The number of methoxy groups -OCH3 is 1. The molecule has 0 spiro atoms. The minimum atomic E-state index is -0.101. The summed E-state index contributed by atoms with van der Waals surface area (Å²) in [4.78, 5) is 0. The van der Waals surface area contributed by atoms with Gasteiger partial charge in [-0.3, -0.25) is 0 Å². The number of hydrogen-bond donors (Lipinski definition) is 0. The van der Waals surface area contributed by atoms with Crippen LogP contribution >= 0.6 is 27.5 Å². The van der Waals surface area contributed by atoms with Crippen LogP contribution < -0.4 is 4.74 Å². The molecule has 0 radical (unpaired) electrons. The predicted octanol–water partition coefficient (Wildman–Crippen LogP) is 4.31. The Morgan fingerprint density at radius 1 is 1.47 bits per heavy atom. The molecule has 2 rings (SSSR count). The third-order valence-corrected chi connectivity index (χ3v) is 4.25. The summed E-state index contributed by atoms with van der Waals surface area (Å²) in [5, 5.41) is -0.101. The molecule has 1 aromatic rings. The first-order valence-electron chi connectivity index (χ1n) is 5.81. The van der Waals surface area contributed by atoms with Crippen molar-refractivity contribution in [2.24, 2.45) is 0 Å². The first kappa shape index (κ1) is 13.2. The van der Waals surface area contributed by atoms with Crippen LogP contribution in [0.15, 0.2) is 22.7 Å². The molecule has 1 aromatic carbocycles. The molecule has 0 saturated carbocycles. The van der Waals surface area contributed by atoms with Crippen molar-refractivity contribution in [3.63, 3.8) is 0 Å². The molecule has 1 fully saturated rings. The van der Waals surface area contributed by atoms with Gasteiger partial charge in [-0.1, -0.05) is 22.0 Å². The monoisotopic (exact) mass is 318 g/mol. The van der Waals surface area contributed by atoms with Gasteiger partial charge in [0.2, 0.25) is 0 Å². The number of hydrogen-bond acceptors (Lipinski definition) is 2. The van der Waals surface area contributed by atoms with Crippen LogP contribution in [0.5, 0.6) is 5.75 Å². The number of benzene rings is 1. The lowest BCUT2D eigenvalue weighted by Gasteiger charge is -2.27. The SMILES string of the molecule is COc1ccc(C(Cl)C2CCCCO2)c(Br)c1. The molecule has 4 heteroatoms. The maximum Gasteiger partial charge on any atom is 0.120 e. The minimum absolute atomic E-state index is 0.101. The van der Waals surface area contributed by atoms with Crippen molar-refractivity contribution in [3.05, 3.63) is 28.2 Å². The average molecular weight is 320 g/mol. The van der Waals surface area contributed by atoms with E-state index in [1.807, 2.05) is 18.2 Å². The highest BCUT2D eigenvalue weighted by Gasteiger charge is 2.25. The van der Waals surface area contributed by atoms with E-state index < -0.39 is 0 Å². The minimum Gasteiger partial charge on any atom is -0.497 e. The zero-order valence-corrected chi connectivity index (χ0v) is 12.1. The van der Waals surface area contributed by atoms with Crippen molar-refractivity contribution in [3.8, 4) is 5.75 Å². The quantitative estimate of drug-likeness (QED) is 0.773. The van der Waals surface area contributed by atoms with E-state index in [9.17, 15) is 0 Å². The van der Waals surface area contributed by atoms with Crippen LogP contribution in [0.2, 0.25) is 0 Å². The zero-order chi connectivity index (χ0) is 12.3. The summed E-state index contributed by atoms with van der Waals surface area (Å²) in [5.74, 6) is 0.828. The van der Waals surface area contributed by atoms with Gasteiger partial charge in [0.15, 0.2) is 0 Å². The molecule has 1 aliphatic heterocycles. The summed E-state index contributed by atoms with van der Waals surface area (Å²) in [7, 11) is 1.66. The van der Waals surface area contributed by atoms with Crippen molar-refractivity contribution >= 4 is 27.5 Å². The van der Waals surface area contributed by atoms with Crippen molar-refractivity contribution in [2.75, 3.05) is 13.7 Å². The van der Waals surface area contributed by atoms with E-state index in [1.165, 1.54) is 6.42 Å². The molecule has 2 nitrogen and oxygen atoms in total. The lowest BCUT2D eigenvalue weighted by Crippen LogP contribution is -2.23. The predicted molar refractivity (Wildman–Crippen MR) is 72.9 cm³/mol. The van der Waals surface area contributed by atoms with Crippen LogP contribution in [-0.2, 0) is 4.74 Å². The van der Waals surface area contributed by atoms with Crippen LogP contribution in [0.4, 0.5) is 0 Å². The largest absolute Gasteiger partial charge is 0.497 e. The van der Waals surface area contributed by atoms with Gasteiger partial charge in [0.25, 0.3) is 0 Å². The molecular weight excluding hydrogens is 303 g/mol. The van der Waals surface area contributed by atoms with E-state index in [4.69, 9.17) is 21.1 Å². The van der Waals surface area contributed by atoms with Gasteiger partial charge in [-0.2, -0.15) is 0 Å². The highest BCUT2D eigenvalue weighted by molar-refractivity contribution is 9.10. The summed E-state index contributed by atoms with van der Waals surface area (Å²) in [6.07, 6.45) is 3.49. The fourth-order valence-electron chi connectivity index (χ4n) is 2.06. The lowest BCUT2D eigenvalue weighted by molar-refractivity contribution is 0.0135. The van der Waals surface area contributed by atoms with E-state index in [1.54, 1.807) is 7.11 Å². The second-order valence-electron chi connectivity index (χ2n) is 4.19. The van der Waals surface area contributed by atoms with Gasteiger partial charge >= 0.3 is 0 Å². The molecule has 1 heterocycles. The standard InChI is InChI=1S/C13H16BrClO2/c1-16-9-5-6-10(11(14)8-9)13(15)12-4-2-3-7-17-12/h5-6,8,12-13H,2-4,7H2,1H3. The maximum absolute atomic E-state index is 6.49. The van der Waals surface area contributed by atoms with Gasteiger partial charge in [0.1, 0.15) is 5.75 Å². The Labute approximate surface area is 115 Å². The molecule has 0 aromatic heterocycles. The Bertz CT molecular complexity index is 378. The number of alkyl halides is 1. The van der Waals surface area contributed by atoms with Crippen molar-refractivity contribution in [1.29, 1.82) is 0 Å². The summed E-state index contributed by atoms with van der Waals surface area (Å²) < 4.78 is 11.9. The summed E-state index contributed by atoms with van der Waals surface area (Å²) in [6, 6.07) is 5.87. The third-order valence-electron chi connectivity index (χ3n) is 3.05. The number of halogens is 2. The molecule has 0 bridgehead atoms. The van der Waals surface area contributed by atoms with Gasteiger partial charge in [0.05, 0.1) is 18.6 Å². The number of ether oxygens (including phenoxy) is 2. The summed E-state index contributed by atoms with van der Waals surface area (Å²) in [6.45, 7) is 0.821. The van der Waals surface area contributed by atoms with Gasteiger partial charge < -0.3 is 9.47 Å². The highest BCUT2D eigenvalue weighted by Crippen LogP contribution is 2.37. The Kier molecular flexibility index (Phi) is 4.71. The van der Waals surface area contributed by atoms with Crippen LogP contribution in [0.3, 0.4) is 0 Å². The molecule has 1 aliphatic rings. The number of rotatable bonds is 3. The Morgan fingerprint density at radius 2 is 2.29 bits per heavy atom. The summed E-state index contributed by atoms with van der Waals surface area (Å²) in [5.41, 5.74) is 1.07. The lowest BCUT2D eigenvalue weighted by atomic mass is 10.0. The second-order valence-corrected chi connectivity index (χ2v) is 5.52. The first-order valence-corrected chi connectivity index (χ1v) is 7.04. The molecular formula is C13H16BrClO2. The molecule has 0 aliphatic carbocycles. The van der Waals surface area contributed by atoms with E-state index in [-0.39, 0.29) is 11.5 Å². The van der Waals surface area contributed by atoms with E-state index in [0.717, 1.165) is 35.2 Å². The van der Waals surface area contributed by atoms with E-state index in [0.29, 0.717) is 0 Å². The Morgan fingerprint density at radius 3 is 2.88 bits per heavy atom. The fourth-order valence-corrected chi connectivity index (χ4v) is 3.18. The van der Waals surface area contributed by atoms with Gasteiger partial charge in [0, 0.05) is 11.1 Å². The fraction of sp³-hybridized carbons (Fsp3) is 0.538. The molecule has 1 saturated heterocycles. The molecule has 2 unspecified atom stereocenters. The first-order chi connectivity index (χ1) is 8.22. The van der Waals surface area contributed by atoms with Gasteiger partial charge in [-0.15, -0.1) is 11.6 Å². The Balaban J connectivity index is 2.15. The highest BCUT2D eigenvalue weighted by atomic mass is 79.9. The van der Waals surface area contributed by atoms with Crippen LogP contribution in [0.1, 0.15) is 30.2 Å². The van der Waals surface area contributed by atoms with E-state index >= 15 is 0 Å². The van der Waals surface area contributed by atoms with Crippen LogP contribution in [-0.4, -0.2) is 19.8 Å². The maximum atomic E-state index is 6.49. The van der Waals surface area contributed by atoms with Crippen molar-refractivity contribution in [2.45, 2.75) is 30.7 Å². The smallest absolute Gasteiger partial charge is 0.120 e. The van der Waals surface area contributed by atoms with E-state index in [2.05, 4.69) is 15.9 Å². The molecule has 2 atom stereocenters. The zero-order valence-electron chi connectivity index (χ0n) is 9.79. The second kappa shape index (κ2) is 6.07. The summed E-state index contributed by atoms with van der Waals surface area (Å²) >= 11 is 10.0. The van der Waals surface area contributed by atoms with Gasteiger partial charge in [-0.25, -0.2) is 0 Å². The molecule has 0 N–H and O–H groups in total. The van der Waals surface area contributed by atoms with Gasteiger partial charge in [-0.05, 0) is 37.0 Å². The van der Waals surface area contributed by atoms with Crippen LogP contribution in [0.25, 0.3) is 0 Å².